The number of nitrogens with zero attached hydrogens (tertiary/aromatic N) is 1. The molecule has 2 N–H and O–H groups in total. The molecule has 2 heterocycles. The van der Waals surface area contributed by atoms with Crippen LogP contribution in [0, 0.1) is 0 Å². The Labute approximate surface area is 200 Å². The van der Waals surface area contributed by atoms with Gasteiger partial charge in [-0.25, -0.2) is 13.1 Å². The van der Waals surface area contributed by atoms with E-state index in [1.165, 1.54) is 24.3 Å². The molecule has 0 unspecified atom stereocenters. The Kier molecular flexibility index (Phi) is 6.36. The second-order valence-corrected chi connectivity index (χ2v) is 11.0. The second kappa shape index (κ2) is 9.43. The van der Waals surface area contributed by atoms with E-state index in [-0.39, 0.29) is 22.6 Å². The maximum absolute atomic E-state index is 13.3. The van der Waals surface area contributed by atoms with Crippen LogP contribution in [0.3, 0.4) is 0 Å². The topological polar surface area (TPSA) is 91.5 Å². The molecule has 3 aromatic rings. The van der Waals surface area contributed by atoms with Crippen molar-refractivity contribution in [2.24, 2.45) is 0 Å². The molecule has 34 heavy (non-hydrogen) atoms. The number of benzene rings is 2. The lowest BCUT2D eigenvalue weighted by Crippen LogP contribution is -2.38. The van der Waals surface area contributed by atoms with Crippen molar-refractivity contribution in [3.63, 3.8) is 0 Å². The lowest BCUT2D eigenvalue weighted by Gasteiger charge is -2.32. The van der Waals surface area contributed by atoms with Gasteiger partial charge in [0.25, 0.3) is 5.91 Å². The first-order chi connectivity index (χ1) is 16.4. The average Bonchev–Trinajstić information content (AvgIpc) is 3.52. The van der Waals surface area contributed by atoms with Gasteiger partial charge in [-0.3, -0.25) is 4.79 Å². The summed E-state index contributed by atoms with van der Waals surface area (Å²) < 4.78 is 34.3. The first kappa shape index (κ1) is 22.9. The van der Waals surface area contributed by atoms with Gasteiger partial charge < -0.3 is 14.6 Å². The lowest BCUT2D eigenvalue weighted by atomic mass is 9.93. The molecule has 2 fully saturated rings. The molecule has 1 saturated carbocycles. The number of H-pyrrole nitrogens is 1. The van der Waals surface area contributed by atoms with Gasteiger partial charge in [0.05, 0.1) is 7.11 Å². The fourth-order valence-corrected chi connectivity index (χ4v) is 6.74. The number of carbonyl (C=O) groups is 1. The Morgan fingerprint density at radius 1 is 1.03 bits per heavy atom. The molecule has 1 saturated heterocycles. The van der Waals surface area contributed by atoms with Crippen LogP contribution in [-0.4, -0.2) is 50.5 Å². The zero-order valence-corrected chi connectivity index (χ0v) is 20.2. The minimum Gasteiger partial charge on any atom is -0.495 e. The first-order valence-electron chi connectivity index (χ1n) is 12.0. The van der Waals surface area contributed by atoms with E-state index in [1.54, 1.807) is 12.1 Å². The number of piperidine rings is 1. The van der Waals surface area contributed by atoms with Crippen LogP contribution in [0.15, 0.2) is 53.4 Å². The van der Waals surface area contributed by atoms with Crippen molar-refractivity contribution < 1.29 is 17.9 Å². The number of methoxy groups -OCH3 is 1. The first-order valence-corrected chi connectivity index (χ1v) is 13.5. The third-order valence-electron chi connectivity index (χ3n) is 7.15. The maximum Gasteiger partial charge on any atom is 0.253 e. The van der Waals surface area contributed by atoms with Crippen molar-refractivity contribution >= 4 is 26.8 Å². The van der Waals surface area contributed by atoms with E-state index in [2.05, 4.69) is 27.9 Å². The predicted molar refractivity (Wildman–Crippen MR) is 132 cm³/mol. The number of fused-ring (bicyclic) bond motifs is 1. The number of amides is 1. The van der Waals surface area contributed by atoms with Crippen LogP contribution in [0.4, 0.5) is 0 Å². The Morgan fingerprint density at radius 3 is 2.47 bits per heavy atom. The monoisotopic (exact) mass is 481 g/mol. The molecule has 0 bridgehead atoms. The van der Waals surface area contributed by atoms with Gasteiger partial charge in [0.2, 0.25) is 10.0 Å². The van der Waals surface area contributed by atoms with Crippen molar-refractivity contribution in [1.82, 2.24) is 14.6 Å². The number of ether oxygens (including phenoxy) is 1. The van der Waals surface area contributed by atoms with Crippen LogP contribution < -0.4 is 9.46 Å². The summed E-state index contributed by atoms with van der Waals surface area (Å²) in [6.45, 7) is 1.26. The van der Waals surface area contributed by atoms with Crippen molar-refractivity contribution in [3.8, 4) is 5.75 Å². The summed E-state index contributed by atoms with van der Waals surface area (Å²) in [5.41, 5.74) is 2.72. The number of aromatic amines is 1. The number of nitrogens with one attached hydrogen (secondary N) is 2. The van der Waals surface area contributed by atoms with Gasteiger partial charge in [0, 0.05) is 41.8 Å². The third kappa shape index (κ3) is 4.57. The molecule has 5 rings (SSSR count). The van der Waals surface area contributed by atoms with Crippen molar-refractivity contribution in [1.29, 1.82) is 0 Å². The SMILES string of the molecule is COc1ccc(C(=O)N2CCC(c3cc4ccccc4[nH]3)CC2)cc1S(=O)(=O)NC1CCCC1. The zero-order chi connectivity index (χ0) is 23.7. The predicted octanol–water partition coefficient (Wildman–Crippen LogP) is 4.42. The summed E-state index contributed by atoms with van der Waals surface area (Å²) in [5.74, 6) is 0.480. The molecule has 1 amide bonds. The molecule has 2 aromatic carbocycles. The van der Waals surface area contributed by atoms with E-state index in [0.29, 0.717) is 24.6 Å². The summed E-state index contributed by atoms with van der Waals surface area (Å²) in [7, 11) is -2.34. The fraction of sp³-hybridized carbons (Fsp3) is 0.423. The maximum atomic E-state index is 13.3. The summed E-state index contributed by atoms with van der Waals surface area (Å²) in [6.07, 6.45) is 5.46. The highest BCUT2D eigenvalue weighted by Crippen LogP contribution is 2.32. The molecule has 7 nitrogen and oxygen atoms in total. The Morgan fingerprint density at radius 2 is 1.76 bits per heavy atom. The van der Waals surface area contributed by atoms with Crippen LogP contribution in [0.1, 0.15) is 60.5 Å². The molecular formula is C26H31N3O4S. The molecule has 2 aliphatic rings. The quantitative estimate of drug-likeness (QED) is 0.545. The number of rotatable bonds is 6. The van der Waals surface area contributed by atoms with E-state index < -0.39 is 10.0 Å². The number of hydrogen-bond acceptors (Lipinski definition) is 4. The van der Waals surface area contributed by atoms with Gasteiger partial charge >= 0.3 is 0 Å². The van der Waals surface area contributed by atoms with Gasteiger partial charge in [-0.15, -0.1) is 0 Å². The van der Waals surface area contributed by atoms with Gasteiger partial charge in [0.1, 0.15) is 10.6 Å². The zero-order valence-electron chi connectivity index (χ0n) is 19.4. The molecule has 1 aromatic heterocycles. The molecule has 1 aliphatic heterocycles. The Hall–Kier alpha value is -2.84. The van der Waals surface area contributed by atoms with Gasteiger partial charge in [-0.05, 0) is 61.4 Å². The van der Waals surface area contributed by atoms with Crippen LogP contribution >= 0.6 is 0 Å². The van der Waals surface area contributed by atoms with Gasteiger partial charge in [-0.1, -0.05) is 31.0 Å². The minimum absolute atomic E-state index is 0.0284. The molecule has 0 spiro atoms. The highest BCUT2D eigenvalue weighted by atomic mass is 32.2. The number of hydrogen-bond donors (Lipinski definition) is 2. The van der Waals surface area contributed by atoms with Gasteiger partial charge in [-0.2, -0.15) is 0 Å². The Balaban J connectivity index is 1.30. The average molecular weight is 482 g/mol. The van der Waals surface area contributed by atoms with E-state index in [1.807, 2.05) is 17.0 Å². The highest BCUT2D eigenvalue weighted by molar-refractivity contribution is 7.89. The van der Waals surface area contributed by atoms with Crippen LogP contribution in [0.25, 0.3) is 10.9 Å². The summed E-state index contributed by atoms with van der Waals surface area (Å²) >= 11 is 0. The smallest absolute Gasteiger partial charge is 0.253 e. The minimum atomic E-state index is -3.78. The van der Waals surface area contributed by atoms with Crippen LogP contribution in [0.2, 0.25) is 0 Å². The van der Waals surface area contributed by atoms with Crippen molar-refractivity contribution in [2.45, 2.75) is 55.4 Å². The summed E-state index contributed by atoms with van der Waals surface area (Å²) in [4.78, 5) is 18.6. The third-order valence-corrected chi connectivity index (χ3v) is 8.69. The summed E-state index contributed by atoms with van der Waals surface area (Å²) in [5, 5.41) is 1.20. The van der Waals surface area contributed by atoms with E-state index in [4.69, 9.17) is 4.74 Å². The molecule has 0 atom stereocenters. The Bertz CT molecular complexity index is 1250. The number of para-hydroxylation sites is 1. The van der Waals surface area contributed by atoms with E-state index in [0.717, 1.165) is 44.0 Å². The molecule has 8 heteroatoms. The van der Waals surface area contributed by atoms with Crippen molar-refractivity contribution in [2.75, 3.05) is 20.2 Å². The standard InChI is InChI=1S/C26H31N3O4S/c1-33-24-11-10-20(17-25(24)34(31,32)28-21-7-3-4-8-21)26(30)29-14-12-18(13-15-29)23-16-19-6-2-5-9-22(19)27-23/h2,5-6,9-11,16-18,21,27-28H,3-4,7-8,12-15H2,1H3. The number of likely N-dealkylation sites (tertiary alicyclic amines) is 1. The number of carbonyl (C=O) groups excluding carboxylic acids is 1. The normalized spacial score (nSPS) is 18.0. The largest absolute Gasteiger partial charge is 0.495 e. The molecule has 0 radical (unpaired) electrons. The highest BCUT2D eigenvalue weighted by Gasteiger charge is 2.29. The lowest BCUT2D eigenvalue weighted by molar-refractivity contribution is 0.0712. The van der Waals surface area contributed by atoms with Crippen molar-refractivity contribution in [3.05, 3.63) is 59.8 Å². The molecule has 180 valence electrons. The van der Waals surface area contributed by atoms with Gasteiger partial charge in [0.15, 0.2) is 0 Å². The van der Waals surface area contributed by atoms with Crippen LogP contribution in [0.5, 0.6) is 5.75 Å². The summed E-state index contributed by atoms with van der Waals surface area (Å²) in [6, 6.07) is 15.1. The molecule has 1 aliphatic carbocycles. The van der Waals surface area contributed by atoms with E-state index in [9.17, 15) is 13.2 Å². The fourth-order valence-electron chi connectivity index (χ4n) is 5.24. The van der Waals surface area contributed by atoms with Crippen LogP contribution in [-0.2, 0) is 10.0 Å². The second-order valence-electron chi connectivity index (χ2n) is 9.35. The number of aromatic nitrogens is 1. The van der Waals surface area contributed by atoms with E-state index >= 15 is 0 Å². The molecular weight excluding hydrogens is 450 g/mol. The number of sulfonamides is 1.